The number of nitrogens with two attached hydrogens (primary N) is 1. The van der Waals surface area contributed by atoms with Crippen LogP contribution in [0.4, 0.5) is 4.79 Å². The topological polar surface area (TPSA) is 67.2 Å². The lowest BCUT2D eigenvalue weighted by atomic mass is 10.5. The highest BCUT2D eigenvalue weighted by Gasteiger charge is 1.87. The van der Waals surface area contributed by atoms with Crippen molar-refractivity contribution in [2.75, 3.05) is 19.6 Å². The molecule has 10 heavy (non-hydrogen) atoms. The molecule has 2 amide bonds. The lowest BCUT2D eigenvalue weighted by Crippen LogP contribution is -2.35. The van der Waals surface area contributed by atoms with Crippen LogP contribution in [0.5, 0.6) is 0 Å². The molecule has 0 atom stereocenters. The average Bonchev–Trinajstić information content (AvgIpc) is 1.87. The molecule has 58 valence electrons. The van der Waals surface area contributed by atoms with Crippen molar-refractivity contribution in [3.05, 3.63) is 12.7 Å². The number of carbonyl (C=O) groups excluding carboxylic acids is 1. The van der Waals surface area contributed by atoms with E-state index in [-0.39, 0.29) is 0 Å². The standard InChI is InChI=1S/C6H13N3O/c1-2-3-8-4-5-9-6(7)10/h2,8H,1,3-5H2,(H3,7,9,10). The van der Waals surface area contributed by atoms with Gasteiger partial charge in [0, 0.05) is 19.6 Å². The van der Waals surface area contributed by atoms with Crippen LogP contribution >= 0.6 is 0 Å². The van der Waals surface area contributed by atoms with Crippen LogP contribution in [0.25, 0.3) is 0 Å². The summed E-state index contributed by atoms with van der Waals surface area (Å²) >= 11 is 0. The summed E-state index contributed by atoms with van der Waals surface area (Å²) in [4.78, 5) is 10.1. The van der Waals surface area contributed by atoms with Gasteiger partial charge in [-0.2, -0.15) is 0 Å². The zero-order valence-corrected chi connectivity index (χ0v) is 5.89. The molecule has 4 nitrogen and oxygen atoms in total. The van der Waals surface area contributed by atoms with E-state index < -0.39 is 6.03 Å². The fourth-order valence-corrected chi connectivity index (χ4v) is 0.478. The third-order valence-electron chi connectivity index (χ3n) is 0.890. The zero-order chi connectivity index (χ0) is 7.82. The van der Waals surface area contributed by atoms with Crippen molar-refractivity contribution in [1.82, 2.24) is 10.6 Å². The highest BCUT2D eigenvalue weighted by Crippen LogP contribution is 1.60. The first kappa shape index (κ1) is 8.97. The van der Waals surface area contributed by atoms with Crippen LogP contribution in [0.15, 0.2) is 12.7 Å². The molecule has 0 aromatic heterocycles. The summed E-state index contributed by atoms with van der Waals surface area (Å²) in [7, 11) is 0. The maximum absolute atomic E-state index is 10.1. The lowest BCUT2D eigenvalue weighted by Gasteiger charge is -2.00. The Kier molecular flexibility index (Phi) is 5.47. The van der Waals surface area contributed by atoms with E-state index in [1.54, 1.807) is 6.08 Å². The number of hydrogen-bond acceptors (Lipinski definition) is 2. The van der Waals surface area contributed by atoms with Gasteiger partial charge < -0.3 is 16.4 Å². The van der Waals surface area contributed by atoms with Gasteiger partial charge in [0.25, 0.3) is 0 Å². The van der Waals surface area contributed by atoms with Crippen LogP contribution in [-0.4, -0.2) is 25.7 Å². The van der Waals surface area contributed by atoms with Gasteiger partial charge in [0.05, 0.1) is 0 Å². The van der Waals surface area contributed by atoms with E-state index in [2.05, 4.69) is 17.2 Å². The molecule has 4 N–H and O–H groups in total. The van der Waals surface area contributed by atoms with Crippen molar-refractivity contribution in [1.29, 1.82) is 0 Å². The largest absolute Gasteiger partial charge is 0.352 e. The molecule has 0 aromatic rings. The molecule has 4 heteroatoms. The Morgan fingerprint density at radius 2 is 2.30 bits per heavy atom. The Balaban J connectivity index is 2.90. The minimum atomic E-state index is -0.486. The molecule has 0 rings (SSSR count). The van der Waals surface area contributed by atoms with Crippen LogP contribution in [0, 0.1) is 0 Å². The summed E-state index contributed by atoms with van der Waals surface area (Å²) < 4.78 is 0. The minimum absolute atomic E-state index is 0.486. The Morgan fingerprint density at radius 1 is 1.60 bits per heavy atom. The van der Waals surface area contributed by atoms with Gasteiger partial charge in [-0.1, -0.05) is 6.08 Å². The van der Waals surface area contributed by atoms with Crippen molar-refractivity contribution in [3.63, 3.8) is 0 Å². The first-order valence-electron chi connectivity index (χ1n) is 3.12. The molecule has 0 saturated heterocycles. The van der Waals surface area contributed by atoms with E-state index >= 15 is 0 Å². The lowest BCUT2D eigenvalue weighted by molar-refractivity contribution is 0.249. The summed E-state index contributed by atoms with van der Waals surface area (Å²) in [6.45, 7) is 5.55. The van der Waals surface area contributed by atoms with Crippen LogP contribution in [0.3, 0.4) is 0 Å². The summed E-state index contributed by atoms with van der Waals surface area (Å²) in [6.07, 6.45) is 1.75. The molecule has 0 aliphatic carbocycles. The molecular weight excluding hydrogens is 130 g/mol. The first-order valence-corrected chi connectivity index (χ1v) is 3.12. The molecule has 0 fully saturated rings. The molecule has 0 saturated carbocycles. The third-order valence-corrected chi connectivity index (χ3v) is 0.890. The molecule has 0 unspecified atom stereocenters. The maximum Gasteiger partial charge on any atom is 0.312 e. The second-order valence-electron chi connectivity index (χ2n) is 1.78. The second-order valence-corrected chi connectivity index (χ2v) is 1.78. The fraction of sp³-hybridized carbons (Fsp3) is 0.500. The van der Waals surface area contributed by atoms with E-state index in [1.807, 2.05) is 0 Å². The number of rotatable bonds is 5. The second kappa shape index (κ2) is 6.10. The van der Waals surface area contributed by atoms with Gasteiger partial charge in [0.2, 0.25) is 0 Å². The SMILES string of the molecule is C=CCNCCNC(N)=O. The Labute approximate surface area is 60.5 Å². The quantitative estimate of drug-likeness (QED) is 0.356. The van der Waals surface area contributed by atoms with Gasteiger partial charge in [-0.15, -0.1) is 6.58 Å². The van der Waals surface area contributed by atoms with E-state index in [4.69, 9.17) is 5.73 Å². The van der Waals surface area contributed by atoms with E-state index in [0.29, 0.717) is 6.54 Å². The van der Waals surface area contributed by atoms with Gasteiger partial charge >= 0.3 is 6.03 Å². The summed E-state index contributed by atoms with van der Waals surface area (Å²) in [6, 6.07) is -0.486. The average molecular weight is 143 g/mol. The molecule has 0 spiro atoms. The Morgan fingerprint density at radius 3 is 2.80 bits per heavy atom. The predicted octanol–water partition coefficient (Wildman–Crippen LogP) is -0.570. The minimum Gasteiger partial charge on any atom is -0.352 e. The summed E-state index contributed by atoms with van der Waals surface area (Å²) in [5.41, 5.74) is 4.81. The monoisotopic (exact) mass is 143 g/mol. The third kappa shape index (κ3) is 6.97. The molecule has 0 aliphatic heterocycles. The Hall–Kier alpha value is -1.03. The predicted molar refractivity (Wildman–Crippen MR) is 40.7 cm³/mol. The number of nitrogens with one attached hydrogen (secondary N) is 2. The molecule has 0 heterocycles. The summed E-state index contributed by atoms with van der Waals surface area (Å²) in [5, 5.41) is 5.45. The van der Waals surface area contributed by atoms with Crippen LogP contribution < -0.4 is 16.4 Å². The van der Waals surface area contributed by atoms with Crippen molar-refractivity contribution in [3.8, 4) is 0 Å². The number of carbonyl (C=O) groups is 1. The van der Waals surface area contributed by atoms with Gasteiger partial charge in [0.1, 0.15) is 0 Å². The van der Waals surface area contributed by atoms with E-state index in [9.17, 15) is 4.79 Å². The smallest absolute Gasteiger partial charge is 0.312 e. The highest BCUT2D eigenvalue weighted by atomic mass is 16.2. The molecular formula is C6H13N3O. The van der Waals surface area contributed by atoms with E-state index in [1.165, 1.54) is 0 Å². The molecule has 0 bridgehead atoms. The Bertz CT molecular complexity index is 114. The zero-order valence-electron chi connectivity index (χ0n) is 5.89. The molecule has 0 aliphatic rings. The van der Waals surface area contributed by atoms with Crippen LogP contribution in [0.1, 0.15) is 0 Å². The molecule has 0 radical (unpaired) electrons. The van der Waals surface area contributed by atoms with Crippen molar-refractivity contribution < 1.29 is 4.79 Å². The first-order chi connectivity index (χ1) is 4.77. The van der Waals surface area contributed by atoms with E-state index in [0.717, 1.165) is 13.1 Å². The van der Waals surface area contributed by atoms with Gasteiger partial charge in [-0.3, -0.25) is 0 Å². The highest BCUT2D eigenvalue weighted by molar-refractivity contribution is 5.71. The van der Waals surface area contributed by atoms with Crippen molar-refractivity contribution in [2.45, 2.75) is 0 Å². The van der Waals surface area contributed by atoms with Gasteiger partial charge in [-0.25, -0.2) is 4.79 Å². The normalized spacial score (nSPS) is 8.80. The number of primary amides is 1. The van der Waals surface area contributed by atoms with Gasteiger partial charge in [-0.05, 0) is 0 Å². The van der Waals surface area contributed by atoms with Gasteiger partial charge in [0.15, 0.2) is 0 Å². The number of hydrogen-bond donors (Lipinski definition) is 3. The maximum atomic E-state index is 10.1. The van der Waals surface area contributed by atoms with Crippen LogP contribution in [-0.2, 0) is 0 Å². The number of urea groups is 1. The summed E-state index contributed by atoms with van der Waals surface area (Å²) in [5.74, 6) is 0. The number of amides is 2. The fourth-order valence-electron chi connectivity index (χ4n) is 0.478. The van der Waals surface area contributed by atoms with Crippen molar-refractivity contribution in [2.24, 2.45) is 5.73 Å². The van der Waals surface area contributed by atoms with Crippen LogP contribution in [0.2, 0.25) is 0 Å². The molecule has 0 aromatic carbocycles. The van der Waals surface area contributed by atoms with Crippen molar-refractivity contribution >= 4 is 6.03 Å².